The van der Waals surface area contributed by atoms with Gasteiger partial charge in [-0.1, -0.05) is 6.92 Å². The summed E-state index contributed by atoms with van der Waals surface area (Å²) in [5.74, 6) is -1.27. The summed E-state index contributed by atoms with van der Waals surface area (Å²) in [5.41, 5.74) is -0.267. The highest BCUT2D eigenvalue weighted by Gasteiger charge is 2.10. The zero-order valence-electron chi connectivity index (χ0n) is 7.48. The van der Waals surface area contributed by atoms with E-state index < -0.39 is 16.1 Å². The summed E-state index contributed by atoms with van der Waals surface area (Å²) < 4.78 is 26.3. The van der Waals surface area contributed by atoms with Crippen molar-refractivity contribution < 1.29 is 22.5 Å². The molecule has 0 atom stereocenters. The van der Waals surface area contributed by atoms with E-state index >= 15 is 0 Å². The van der Waals surface area contributed by atoms with Crippen molar-refractivity contribution in [2.45, 2.75) is 20.3 Å². The maximum atomic E-state index is 10.9. The quantitative estimate of drug-likeness (QED) is 0.532. The topological polar surface area (TPSA) is 80.7 Å². The molecule has 0 amide bonds. The molecule has 0 aliphatic carbocycles. The third-order valence-electron chi connectivity index (χ3n) is 1.11. The van der Waals surface area contributed by atoms with Crippen LogP contribution in [0.5, 0.6) is 0 Å². The largest absolute Gasteiger partial charge is 0.478 e. The molecule has 5 nitrogen and oxygen atoms in total. The zero-order chi connectivity index (χ0) is 10.5. The molecule has 0 unspecified atom stereocenters. The van der Waals surface area contributed by atoms with Crippen molar-refractivity contribution in [3.63, 3.8) is 0 Å². The Bertz CT molecular complexity index is 301. The summed E-state index contributed by atoms with van der Waals surface area (Å²) in [6, 6.07) is 0. The van der Waals surface area contributed by atoms with Crippen LogP contribution in [-0.2, 0) is 19.1 Å². The Morgan fingerprint density at radius 1 is 1.54 bits per heavy atom. The molecule has 13 heavy (non-hydrogen) atoms. The molecule has 76 valence electrons. The second-order valence-electron chi connectivity index (χ2n) is 2.42. The van der Waals surface area contributed by atoms with E-state index in [1.165, 1.54) is 6.92 Å². The molecule has 0 aromatic rings. The van der Waals surface area contributed by atoms with Crippen molar-refractivity contribution in [1.29, 1.82) is 0 Å². The van der Waals surface area contributed by atoms with E-state index in [-0.39, 0.29) is 12.2 Å². The van der Waals surface area contributed by atoms with E-state index in [0.29, 0.717) is 11.8 Å². The molecule has 0 rings (SSSR count). The molecule has 1 N–H and O–H groups in total. The lowest BCUT2D eigenvalue weighted by Crippen LogP contribution is -2.06. The fraction of sp³-hybridized carbons (Fsp3) is 0.571. The predicted molar refractivity (Wildman–Crippen MR) is 46.6 cm³/mol. The van der Waals surface area contributed by atoms with Crippen LogP contribution in [0, 0.1) is 0 Å². The number of hydrogen-bond acceptors (Lipinski definition) is 4. The molecule has 0 heterocycles. The van der Waals surface area contributed by atoms with Crippen molar-refractivity contribution in [2.75, 3.05) is 6.61 Å². The van der Waals surface area contributed by atoms with Crippen LogP contribution in [0.3, 0.4) is 0 Å². The minimum atomic E-state index is -3.83. The van der Waals surface area contributed by atoms with Crippen LogP contribution in [0.2, 0.25) is 0 Å². The van der Waals surface area contributed by atoms with Gasteiger partial charge in [-0.3, -0.25) is 4.18 Å². The van der Waals surface area contributed by atoms with Crippen molar-refractivity contribution in [2.24, 2.45) is 0 Å². The van der Waals surface area contributed by atoms with Gasteiger partial charge in [0, 0.05) is 5.57 Å². The van der Waals surface area contributed by atoms with Crippen molar-refractivity contribution in [3.8, 4) is 0 Å². The number of carbonyl (C=O) groups is 1. The van der Waals surface area contributed by atoms with Crippen LogP contribution in [0.25, 0.3) is 0 Å². The first-order chi connectivity index (χ1) is 5.89. The fourth-order valence-electron chi connectivity index (χ4n) is 0.500. The molecule has 0 spiro atoms. The molecule has 0 aromatic heterocycles. The molecular weight excluding hydrogens is 196 g/mol. The van der Waals surface area contributed by atoms with E-state index in [4.69, 9.17) is 5.11 Å². The number of carboxylic acids is 1. The van der Waals surface area contributed by atoms with Gasteiger partial charge in [0.05, 0.1) is 12.0 Å². The van der Waals surface area contributed by atoms with E-state index in [1.54, 1.807) is 6.92 Å². The number of rotatable bonds is 5. The molecule has 0 fully saturated rings. The second-order valence-corrected chi connectivity index (χ2v) is 3.88. The molecule has 6 heteroatoms. The Kier molecular flexibility index (Phi) is 4.64. The normalized spacial score (nSPS) is 12.9. The van der Waals surface area contributed by atoms with E-state index in [9.17, 15) is 13.2 Å². The van der Waals surface area contributed by atoms with Crippen molar-refractivity contribution in [1.82, 2.24) is 0 Å². The SMILES string of the molecule is CCCOS(=O)(=O)C=C(C)C(=O)O. The van der Waals surface area contributed by atoms with Crippen LogP contribution >= 0.6 is 0 Å². The molecule has 0 aliphatic heterocycles. The van der Waals surface area contributed by atoms with Crippen LogP contribution in [0.15, 0.2) is 11.0 Å². The van der Waals surface area contributed by atoms with E-state index in [2.05, 4.69) is 4.18 Å². The molecule has 0 aromatic carbocycles. The highest BCUT2D eigenvalue weighted by Crippen LogP contribution is 2.02. The summed E-state index contributed by atoms with van der Waals surface area (Å²) >= 11 is 0. The van der Waals surface area contributed by atoms with E-state index in [0.717, 1.165) is 0 Å². The van der Waals surface area contributed by atoms with E-state index in [1.807, 2.05) is 0 Å². The maximum Gasteiger partial charge on any atom is 0.332 e. The smallest absolute Gasteiger partial charge is 0.332 e. The van der Waals surface area contributed by atoms with Gasteiger partial charge in [-0.15, -0.1) is 0 Å². The Balaban J connectivity index is 4.50. The second kappa shape index (κ2) is 4.98. The van der Waals surface area contributed by atoms with Crippen molar-refractivity contribution in [3.05, 3.63) is 11.0 Å². The Morgan fingerprint density at radius 3 is 2.46 bits per heavy atom. The number of carboxylic acid groups (broad SMARTS) is 1. The molecule has 0 saturated carbocycles. The third kappa shape index (κ3) is 5.37. The number of hydrogen-bond donors (Lipinski definition) is 1. The van der Waals surface area contributed by atoms with Crippen LogP contribution in [0.1, 0.15) is 20.3 Å². The molecule has 0 saturated heterocycles. The zero-order valence-corrected chi connectivity index (χ0v) is 8.30. The predicted octanol–water partition coefficient (Wildman–Crippen LogP) is 0.731. The average molecular weight is 208 g/mol. The van der Waals surface area contributed by atoms with Gasteiger partial charge in [0.2, 0.25) is 0 Å². The average Bonchev–Trinajstić information content (AvgIpc) is 2.00. The van der Waals surface area contributed by atoms with Gasteiger partial charge in [-0.05, 0) is 13.3 Å². The molecule has 0 bridgehead atoms. The third-order valence-corrected chi connectivity index (χ3v) is 2.25. The van der Waals surface area contributed by atoms with Gasteiger partial charge >= 0.3 is 5.97 Å². The summed E-state index contributed by atoms with van der Waals surface area (Å²) in [7, 11) is -3.83. The van der Waals surface area contributed by atoms with Gasteiger partial charge in [0.1, 0.15) is 0 Å². The lowest BCUT2D eigenvalue weighted by atomic mass is 10.4. The number of aliphatic carboxylic acids is 1. The van der Waals surface area contributed by atoms with Gasteiger partial charge in [0.15, 0.2) is 0 Å². The fourth-order valence-corrected chi connectivity index (χ4v) is 1.50. The summed E-state index contributed by atoms with van der Waals surface area (Å²) in [5, 5.41) is 8.98. The molecule has 0 aliphatic rings. The van der Waals surface area contributed by atoms with Gasteiger partial charge in [-0.25, -0.2) is 4.79 Å². The first-order valence-corrected chi connectivity index (χ1v) is 5.17. The first kappa shape index (κ1) is 12.1. The van der Waals surface area contributed by atoms with Gasteiger partial charge in [0.25, 0.3) is 10.1 Å². The first-order valence-electron chi connectivity index (χ1n) is 3.70. The van der Waals surface area contributed by atoms with Gasteiger partial charge < -0.3 is 5.11 Å². The van der Waals surface area contributed by atoms with Crippen LogP contribution in [0.4, 0.5) is 0 Å². The highest BCUT2D eigenvalue weighted by molar-refractivity contribution is 7.89. The Morgan fingerprint density at radius 2 is 2.08 bits per heavy atom. The summed E-state index contributed by atoms with van der Waals surface area (Å²) in [6.07, 6.45) is 0.555. The van der Waals surface area contributed by atoms with Gasteiger partial charge in [-0.2, -0.15) is 8.42 Å². The maximum absolute atomic E-state index is 10.9. The minimum Gasteiger partial charge on any atom is -0.478 e. The lowest BCUT2D eigenvalue weighted by Gasteiger charge is -1.99. The van der Waals surface area contributed by atoms with Crippen molar-refractivity contribution >= 4 is 16.1 Å². The Hall–Kier alpha value is -0.880. The highest BCUT2D eigenvalue weighted by atomic mass is 32.2. The lowest BCUT2D eigenvalue weighted by molar-refractivity contribution is -0.132. The molecule has 0 radical (unpaired) electrons. The monoisotopic (exact) mass is 208 g/mol. The Labute approximate surface area is 77.1 Å². The summed E-state index contributed by atoms with van der Waals surface area (Å²) in [4.78, 5) is 10.3. The minimum absolute atomic E-state index is 0.0612. The van der Waals surface area contributed by atoms with Crippen LogP contribution in [-0.4, -0.2) is 26.1 Å². The van der Waals surface area contributed by atoms with Crippen LogP contribution < -0.4 is 0 Å². The molecular formula is C7H12O5S. The summed E-state index contributed by atoms with van der Waals surface area (Å²) in [6.45, 7) is 3.00. The standard InChI is InChI=1S/C7H12O5S/c1-3-4-12-13(10,11)5-6(2)7(8)9/h5H,3-4H2,1-2H3,(H,8,9).